The van der Waals surface area contributed by atoms with Gasteiger partial charge in [0.05, 0.1) is 16.9 Å². The Morgan fingerprint density at radius 1 is 1.39 bits per heavy atom. The van der Waals surface area contributed by atoms with Gasteiger partial charge in [0.2, 0.25) is 0 Å². The van der Waals surface area contributed by atoms with Gasteiger partial charge in [-0.2, -0.15) is 0 Å². The molecule has 0 aliphatic carbocycles. The van der Waals surface area contributed by atoms with Crippen LogP contribution in [0.4, 0.5) is 20.9 Å². The number of pyridine rings is 1. The molecule has 0 spiro atoms. The number of carbonyl (C=O) groups excluding carboxylic acids is 1. The molecular formula is C19H16BrFN4O2S. The lowest BCUT2D eigenvalue weighted by Crippen LogP contribution is -2.28. The van der Waals surface area contributed by atoms with E-state index < -0.39 is 5.82 Å². The lowest BCUT2D eigenvalue weighted by Gasteiger charge is -2.19. The fraction of sp³-hybridized carbons (Fsp3) is 0.211. The summed E-state index contributed by atoms with van der Waals surface area (Å²) >= 11 is 4.53. The lowest BCUT2D eigenvalue weighted by atomic mass is 10.0. The molecule has 2 N–H and O–H groups in total. The summed E-state index contributed by atoms with van der Waals surface area (Å²) in [5.74, 6) is -0.857. The molecule has 0 saturated heterocycles. The van der Waals surface area contributed by atoms with Crippen molar-refractivity contribution >= 4 is 49.7 Å². The number of thiazole rings is 1. The summed E-state index contributed by atoms with van der Waals surface area (Å²) < 4.78 is 16.6. The van der Waals surface area contributed by atoms with Crippen LogP contribution in [0.1, 0.15) is 28.0 Å². The molecule has 0 saturated carbocycles. The first-order chi connectivity index (χ1) is 13.5. The molecule has 1 aromatic carbocycles. The molecule has 1 amide bonds. The zero-order valence-corrected chi connectivity index (χ0v) is 17.3. The summed E-state index contributed by atoms with van der Waals surface area (Å²) in [4.78, 5) is 30.0. The van der Waals surface area contributed by atoms with E-state index >= 15 is 0 Å². The summed E-state index contributed by atoms with van der Waals surface area (Å²) in [7, 11) is 0. The molecule has 0 bridgehead atoms. The predicted octanol–water partition coefficient (Wildman–Crippen LogP) is 4.46. The molecule has 2 aromatic heterocycles. The minimum absolute atomic E-state index is 0.168. The van der Waals surface area contributed by atoms with Gasteiger partial charge in [-0.25, -0.2) is 9.37 Å². The van der Waals surface area contributed by atoms with E-state index in [1.165, 1.54) is 17.4 Å². The number of rotatable bonds is 4. The van der Waals surface area contributed by atoms with Crippen molar-refractivity contribution in [1.82, 2.24) is 9.55 Å². The van der Waals surface area contributed by atoms with Crippen LogP contribution in [0.2, 0.25) is 0 Å². The lowest BCUT2D eigenvalue weighted by molar-refractivity contribution is 0.102. The number of benzene rings is 1. The van der Waals surface area contributed by atoms with Gasteiger partial charge in [0, 0.05) is 33.9 Å². The Morgan fingerprint density at radius 2 is 2.21 bits per heavy atom. The number of carbonyl (C=O) groups is 1. The highest BCUT2D eigenvalue weighted by atomic mass is 79.9. The molecule has 4 rings (SSSR count). The number of halogens is 2. The van der Waals surface area contributed by atoms with E-state index in [2.05, 4.69) is 31.5 Å². The average Bonchev–Trinajstić information content (AvgIpc) is 3.33. The number of nitrogens with zero attached hydrogens (tertiary/aromatic N) is 2. The number of anilines is 3. The third-order valence-electron chi connectivity index (χ3n) is 4.67. The van der Waals surface area contributed by atoms with Crippen molar-refractivity contribution in [1.29, 1.82) is 0 Å². The zero-order valence-electron chi connectivity index (χ0n) is 14.9. The first-order valence-electron chi connectivity index (χ1n) is 8.65. The van der Waals surface area contributed by atoms with E-state index in [-0.39, 0.29) is 17.2 Å². The van der Waals surface area contributed by atoms with Gasteiger partial charge in [-0.1, -0.05) is 15.9 Å². The summed E-state index contributed by atoms with van der Waals surface area (Å²) in [6, 6.07) is 4.58. The van der Waals surface area contributed by atoms with Crippen molar-refractivity contribution in [2.75, 3.05) is 10.6 Å². The SMILES string of the molecule is Cc1c(Nc2ccc(Br)cc2F)c(C(=O)Nc2nccs2)c2n(c1=O)CCC2. The monoisotopic (exact) mass is 462 g/mol. The van der Waals surface area contributed by atoms with E-state index in [0.29, 0.717) is 45.1 Å². The number of nitrogens with one attached hydrogen (secondary N) is 2. The molecule has 3 heterocycles. The molecule has 0 fully saturated rings. The number of aromatic nitrogens is 2. The highest BCUT2D eigenvalue weighted by Crippen LogP contribution is 2.31. The Hall–Kier alpha value is -2.52. The van der Waals surface area contributed by atoms with Crippen LogP contribution in [0, 0.1) is 12.7 Å². The fourth-order valence-corrected chi connectivity index (χ4v) is 4.23. The number of amides is 1. The van der Waals surface area contributed by atoms with Crippen LogP contribution in [0.15, 0.2) is 39.0 Å². The Balaban J connectivity index is 1.85. The maximum absolute atomic E-state index is 14.4. The molecule has 144 valence electrons. The third-order valence-corrected chi connectivity index (χ3v) is 5.85. The van der Waals surface area contributed by atoms with E-state index in [1.807, 2.05) is 0 Å². The largest absolute Gasteiger partial charge is 0.352 e. The standard InChI is InChI=1S/C19H16BrFN4O2S/c1-10-16(23-13-5-4-11(20)9-12(13)21)15(14-3-2-7-25(14)18(10)27)17(26)24-19-22-6-8-28-19/h4-6,8-9,23H,2-3,7H2,1H3,(H,22,24,26). The maximum atomic E-state index is 14.4. The van der Waals surface area contributed by atoms with E-state index in [1.54, 1.807) is 35.2 Å². The number of hydrogen-bond acceptors (Lipinski definition) is 5. The molecule has 3 aromatic rings. The molecule has 28 heavy (non-hydrogen) atoms. The second-order valence-electron chi connectivity index (χ2n) is 6.42. The maximum Gasteiger partial charge on any atom is 0.261 e. The summed E-state index contributed by atoms with van der Waals surface area (Å²) in [6.45, 7) is 2.21. The van der Waals surface area contributed by atoms with E-state index in [0.717, 1.165) is 6.42 Å². The quantitative estimate of drug-likeness (QED) is 0.600. The molecule has 0 unspecified atom stereocenters. The Labute approximate surface area is 172 Å². The second-order valence-corrected chi connectivity index (χ2v) is 8.23. The van der Waals surface area contributed by atoms with Crippen LogP contribution in [0.5, 0.6) is 0 Å². The highest BCUT2D eigenvalue weighted by molar-refractivity contribution is 9.10. The van der Waals surface area contributed by atoms with Crippen molar-refractivity contribution in [3.05, 3.63) is 67.2 Å². The smallest absolute Gasteiger partial charge is 0.261 e. The molecular weight excluding hydrogens is 447 g/mol. The Bertz CT molecular complexity index is 1130. The molecule has 9 heteroatoms. The van der Waals surface area contributed by atoms with Gasteiger partial charge < -0.3 is 9.88 Å². The van der Waals surface area contributed by atoms with Crippen LogP contribution >= 0.6 is 27.3 Å². The van der Waals surface area contributed by atoms with Crippen LogP contribution < -0.4 is 16.2 Å². The number of hydrogen-bond donors (Lipinski definition) is 2. The van der Waals surface area contributed by atoms with Crippen molar-refractivity contribution < 1.29 is 9.18 Å². The van der Waals surface area contributed by atoms with Gasteiger partial charge >= 0.3 is 0 Å². The zero-order chi connectivity index (χ0) is 19.8. The molecule has 1 aliphatic rings. The summed E-state index contributed by atoms with van der Waals surface area (Å²) in [5.41, 5.74) is 1.73. The minimum Gasteiger partial charge on any atom is -0.352 e. The van der Waals surface area contributed by atoms with Gasteiger partial charge in [-0.3, -0.25) is 14.9 Å². The van der Waals surface area contributed by atoms with Gasteiger partial charge in [-0.15, -0.1) is 11.3 Å². The van der Waals surface area contributed by atoms with Crippen LogP contribution in [-0.2, 0) is 13.0 Å². The van der Waals surface area contributed by atoms with E-state index in [4.69, 9.17) is 0 Å². The van der Waals surface area contributed by atoms with Crippen LogP contribution in [-0.4, -0.2) is 15.5 Å². The average molecular weight is 463 g/mol. The Kier molecular flexibility index (Phi) is 5.03. The van der Waals surface area contributed by atoms with Gasteiger partial charge in [0.25, 0.3) is 11.5 Å². The topological polar surface area (TPSA) is 76.0 Å². The van der Waals surface area contributed by atoms with Gasteiger partial charge in [0.1, 0.15) is 5.82 Å². The number of fused-ring (bicyclic) bond motifs is 1. The third kappa shape index (κ3) is 3.35. The highest BCUT2D eigenvalue weighted by Gasteiger charge is 2.28. The van der Waals surface area contributed by atoms with Gasteiger partial charge in [0.15, 0.2) is 5.13 Å². The van der Waals surface area contributed by atoms with Gasteiger partial charge in [-0.05, 0) is 38.0 Å². The van der Waals surface area contributed by atoms with Crippen molar-refractivity contribution in [2.24, 2.45) is 0 Å². The summed E-state index contributed by atoms with van der Waals surface area (Å²) in [5, 5.41) is 7.98. The van der Waals surface area contributed by atoms with Crippen molar-refractivity contribution in [3.8, 4) is 0 Å². The van der Waals surface area contributed by atoms with Crippen LogP contribution in [0.3, 0.4) is 0 Å². The molecule has 6 nitrogen and oxygen atoms in total. The molecule has 0 radical (unpaired) electrons. The first kappa shape index (κ1) is 18.8. The normalized spacial score (nSPS) is 12.7. The molecule has 1 aliphatic heterocycles. The van der Waals surface area contributed by atoms with Crippen molar-refractivity contribution in [3.63, 3.8) is 0 Å². The summed E-state index contributed by atoms with van der Waals surface area (Å²) in [6.07, 6.45) is 2.98. The van der Waals surface area contributed by atoms with E-state index in [9.17, 15) is 14.0 Å². The first-order valence-corrected chi connectivity index (χ1v) is 10.3. The molecule has 0 atom stereocenters. The fourth-order valence-electron chi connectivity index (χ4n) is 3.37. The second kappa shape index (κ2) is 7.48. The van der Waals surface area contributed by atoms with Crippen molar-refractivity contribution in [2.45, 2.75) is 26.3 Å². The predicted molar refractivity (Wildman–Crippen MR) is 111 cm³/mol. The Morgan fingerprint density at radius 3 is 2.93 bits per heavy atom. The van der Waals surface area contributed by atoms with Crippen LogP contribution in [0.25, 0.3) is 0 Å². The minimum atomic E-state index is -0.486.